The monoisotopic (exact) mass is 308 g/mol. The molecule has 2 aromatic carbocycles. The zero-order valence-corrected chi connectivity index (χ0v) is 11.6. The Morgan fingerprint density at radius 3 is 2.71 bits per heavy atom. The first-order valence-electron chi connectivity index (χ1n) is 5.90. The molecule has 0 aliphatic rings. The van der Waals surface area contributed by atoms with Gasteiger partial charge in [0.2, 0.25) is 0 Å². The summed E-state index contributed by atoms with van der Waals surface area (Å²) in [6.07, 6.45) is 0. The van der Waals surface area contributed by atoms with Gasteiger partial charge in [0.25, 0.3) is 11.6 Å². The molecule has 108 valence electrons. The van der Waals surface area contributed by atoms with Gasteiger partial charge in [-0.3, -0.25) is 14.9 Å². The smallest absolute Gasteiger partial charge is 0.270 e. The number of anilines is 1. The average molecular weight is 309 g/mol. The summed E-state index contributed by atoms with van der Waals surface area (Å²) < 4.78 is 13.7. The number of nitro benzene ring substituents is 1. The maximum absolute atomic E-state index is 13.7. The highest BCUT2D eigenvalue weighted by atomic mass is 35.5. The van der Waals surface area contributed by atoms with Gasteiger partial charge in [-0.05, 0) is 30.7 Å². The third-order valence-corrected chi connectivity index (χ3v) is 3.33. The summed E-state index contributed by atoms with van der Waals surface area (Å²) in [5, 5.41) is 13.6. The number of nitro groups is 1. The van der Waals surface area contributed by atoms with Gasteiger partial charge in [0.1, 0.15) is 5.82 Å². The van der Waals surface area contributed by atoms with Crippen molar-refractivity contribution in [2.45, 2.75) is 6.92 Å². The van der Waals surface area contributed by atoms with Crippen molar-refractivity contribution in [3.8, 4) is 0 Å². The van der Waals surface area contributed by atoms with Crippen molar-refractivity contribution in [2.24, 2.45) is 0 Å². The predicted molar refractivity (Wildman–Crippen MR) is 77.2 cm³/mol. The molecule has 2 aromatic rings. The third-order valence-electron chi connectivity index (χ3n) is 2.92. The molecule has 0 atom stereocenters. The van der Waals surface area contributed by atoms with E-state index in [1.807, 2.05) is 0 Å². The summed E-state index contributed by atoms with van der Waals surface area (Å²) in [5.41, 5.74) is 0.282. The maximum Gasteiger partial charge on any atom is 0.270 e. The van der Waals surface area contributed by atoms with Crippen LogP contribution in [0, 0.1) is 22.9 Å². The molecule has 0 bridgehead atoms. The molecular weight excluding hydrogens is 299 g/mol. The predicted octanol–water partition coefficient (Wildman–Crippen LogP) is 3.95. The van der Waals surface area contributed by atoms with E-state index in [0.717, 1.165) is 18.2 Å². The van der Waals surface area contributed by atoms with Gasteiger partial charge in [-0.2, -0.15) is 0 Å². The molecule has 7 heteroatoms. The van der Waals surface area contributed by atoms with Gasteiger partial charge in [0, 0.05) is 22.8 Å². The Hall–Kier alpha value is -2.47. The number of carbonyl (C=O) groups is 1. The van der Waals surface area contributed by atoms with Gasteiger partial charge in [0.05, 0.1) is 10.5 Å². The number of carbonyl (C=O) groups excluding carboxylic acids is 1. The molecule has 0 heterocycles. The molecule has 0 aliphatic carbocycles. The SMILES string of the molecule is Cc1c(Cl)cccc1NC(=O)c1cc([N+](=O)[O-])ccc1F. The lowest BCUT2D eigenvalue weighted by atomic mass is 10.1. The quantitative estimate of drug-likeness (QED) is 0.689. The van der Waals surface area contributed by atoms with Crippen molar-refractivity contribution < 1.29 is 14.1 Å². The molecule has 5 nitrogen and oxygen atoms in total. The maximum atomic E-state index is 13.7. The standard InChI is InChI=1S/C14H10ClFN2O3/c1-8-11(15)3-2-4-13(8)17-14(19)10-7-9(18(20)21)5-6-12(10)16/h2-7H,1H3,(H,17,19). The Labute approximate surface area is 124 Å². The van der Waals surface area contributed by atoms with Gasteiger partial charge in [0.15, 0.2) is 0 Å². The van der Waals surface area contributed by atoms with E-state index in [2.05, 4.69) is 5.32 Å². The molecule has 0 aromatic heterocycles. The van der Waals surface area contributed by atoms with Crippen molar-refractivity contribution >= 4 is 28.9 Å². The second-order valence-corrected chi connectivity index (χ2v) is 4.69. The minimum absolute atomic E-state index is 0.357. The molecule has 1 amide bonds. The van der Waals surface area contributed by atoms with Crippen LogP contribution in [-0.4, -0.2) is 10.8 Å². The highest BCUT2D eigenvalue weighted by Crippen LogP contribution is 2.24. The number of benzene rings is 2. The van der Waals surface area contributed by atoms with Crippen molar-refractivity contribution in [3.05, 3.63) is 68.5 Å². The number of hydrogen-bond acceptors (Lipinski definition) is 3. The summed E-state index contributed by atoms with van der Waals surface area (Å²) >= 11 is 5.93. The normalized spacial score (nSPS) is 10.2. The second kappa shape index (κ2) is 5.88. The Morgan fingerprint density at radius 2 is 2.05 bits per heavy atom. The first-order valence-corrected chi connectivity index (χ1v) is 6.28. The largest absolute Gasteiger partial charge is 0.322 e. The lowest BCUT2D eigenvalue weighted by molar-refractivity contribution is -0.384. The van der Waals surface area contributed by atoms with E-state index in [9.17, 15) is 19.3 Å². The molecule has 0 radical (unpaired) electrons. The van der Waals surface area contributed by atoms with E-state index in [1.54, 1.807) is 25.1 Å². The van der Waals surface area contributed by atoms with Crippen molar-refractivity contribution in [2.75, 3.05) is 5.32 Å². The van der Waals surface area contributed by atoms with E-state index in [0.29, 0.717) is 16.3 Å². The Balaban J connectivity index is 2.34. The van der Waals surface area contributed by atoms with Gasteiger partial charge in [-0.1, -0.05) is 17.7 Å². The Morgan fingerprint density at radius 1 is 1.33 bits per heavy atom. The van der Waals surface area contributed by atoms with Gasteiger partial charge in [-0.15, -0.1) is 0 Å². The summed E-state index contributed by atoms with van der Waals surface area (Å²) in [6.45, 7) is 1.70. The number of hydrogen-bond donors (Lipinski definition) is 1. The fourth-order valence-corrected chi connectivity index (χ4v) is 1.91. The number of nitrogens with one attached hydrogen (secondary N) is 1. The minimum Gasteiger partial charge on any atom is -0.322 e. The molecule has 0 aliphatic heterocycles. The van der Waals surface area contributed by atoms with Crippen LogP contribution in [0.4, 0.5) is 15.8 Å². The molecule has 0 saturated carbocycles. The highest BCUT2D eigenvalue weighted by Gasteiger charge is 2.17. The van der Waals surface area contributed by atoms with Crippen LogP contribution in [0.1, 0.15) is 15.9 Å². The lowest BCUT2D eigenvalue weighted by Crippen LogP contribution is -2.15. The van der Waals surface area contributed by atoms with Crippen LogP contribution in [0.15, 0.2) is 36.4 Å². The van der Waals surface area contributed by atoms with E-state index in [1.165, 1.54) is 0 Å². The van der Waals surface area contributed by atoms with Crippen LogP contribution in [0.5, 0.6) is 0 Å². The summed E-state index contributed by atoms with van der Waals surface area (Å²) in [6, 6.07) is 7.67. The number of rotatable bonds is 3. The van der Waals surface area contributed by atoms with Crippen LogP contribution >= 0.6 is 11.6 Å². The third kappa shape index (κ3) is 3.17. The first kappa shape index (κ1) is 14.9. The van der Waals surface area contributed by atoms with E-state index >= 15 is 0 Å². The number of halogens is 2. The molecule has 21 heavy (non-hydrogen) atoms. The Bertz CT molecular complexity index is 734. The molecule has 1 N–H and O–H groups in total. The second-order valence-electron chi connectivity index (χ2n) is 4.29. The van der Waals surface area contributed by atoms with Crippen molar-refractivity contribution in [3.63, 3.8) is 0 Å². The summed E-state index contributed by atoms with van der Waals surface area (Å²) in [5.74, 6) is -1.61. The summed E-state index contributed by atoms with van der Waals surface area (Å²) in [7, 11) is 0. The van der Waals surface area contributed by atoms with Crippen LogP contribution in [0.3, 0.4) is 0 Å². The molecule has 0 fully saturated rings. The molecule has 0 unspecified atom stereocenters. The summed E-state index contributed by atoms with van der Waals surface area (Å²) in [4.78, 5) is 22.0. The molecular formula is C14H10ClFN2O3. The number of amides is 1. The minimum atomic E-state index is -0.835. The Kier molecular flexibility index (Phi) is 4.18. The van der Waals surface area contributed by atoms with Crippen molar-refractivity contribution in [1.29, 1.82) is 0 Å². The van der Waals surface area contributed by atoms with Crippen LogP contribution in [0.2, 0.25) is 5.02 Å². The van der Waals surface area contributed by atoms with Crippen molar-refractivity contribution in [1.82, 2.24) is 0 Å². The molecule has 0 saturated heterocycles. The first-order chi connectivity index (χ1) is 9.90. The van der Waals surface area contributed by atoms with Crippen LogP contribution < -0.4 is 5.32 Å². The average Bonchev–Trinajstić information content (AvgIpc) is 2.44. The zero-order chi connectivity index (χ0) is 15.6. The van der Waals surface area contributed by atoms with Gasteiger partial charge >= 0.3 is 0 Å². The van der Waals surface area contributed by atoms with Gasteiger partial charge in [-0.25, -0.2) is 4.39 Å². The highest BCUT2D eigenvalue weighted by molar-refractivity contribution is 6.31. The number of non-ortho nitro benzene ring substituents is 1. The fourth-order valence-electron chi connectivity index (χ4n) is 1.73. The lowest BCUT2D eigenvalue weighted by Gasteiger charge is -2.10. The van der Waals surface area contributed by atoms with Gasteiger partial charge < -0.3 is 5.32 Å². The number of nitrogens with zero attached hydrogens (tertiary/aromatic N) is 1. The van der Waals surface area contributed by atoms with E-state index < -0.39 is 22.2 Å². The van der Waals surface area contributed by atoms with E-state index in [4.69, 9.17) is 11.6 Å². The fraction of sp³-hybridized carbons (Fsp3) is 0.0714. The molecule has 2 rings (SSSR count). The van der Waals surface area contributed by atoms with E-state index in [-0.39, 0.29) is 5.69 Å². The zero-order valence-electron chi connectivity index (χ0n) is 10.9. The molecule has 0 spiro atoms. The van der Waals surface area contributed by atoms with Crippen LogP contribution in [-0.2, 0) is 0 Å². The van der Waals surface area contributed by atoms with Crippen LogP contribution in [0.25, 0.3) is 0 Å². The topological polar surface area (TPSA) is 72.2 Å².